The molecule has 1 N–H and O–H groups in total. The number of hydrogen-bond acceptors (Lipinski definition) is 4. The topological polar surface area (TPSA) is 68.1 Å². The number of nitro groups is 1. The van der Waals surface area contributed by atoms with E-state index in [1.165, 1.54) is 25.1 Å². The number of anilines is 1. The lowest BCUT2D eigenvalue weighted by atomic mass is 10.0. The molecular weight excluding hydrogens is 286 g/mol. The fraction of sp³-hybridized carbons (Fsp3) is 0.545. The Hall–Kier alpha value is -1.17. The van der Waals surface area contributed by atoms with Crippen molar-refractivity contribution in [3.8, 4) is 0 Å². The van der Waals surface area contributed by atoms with Gasteiger partial charge in [0.1, 0.15) is 12.0 Å². The smallest absolute Gasteiger partial charge is 0.288 e. The molecule has 5 nitrogen and oxygen atoms in total. The molecule has 0 saturated heterocycles. The Morgan fingerprint density at radius 2 is 2.35 bits per heavy atom. The quantitative estimate of drug-likeness (QED) is 0.669. The van der Waals surface area contributed by atoms with Crippen LogP contribution >= 0.6 is 15.9 Å². The standard InChI is InChI=1S/C11H14BrN3O2/c1-2-11(3-4-11)7-14-10-9(12)5-8(6-13-10)15(16)17/h5-6H,2-4,7H2,1H3,(H,13,14). The molecule has 0 aromatic carbocycles. The summed E-state index contributed by atoms with van der Waals surface area (Å²) in [5.74, 6) is 0.676. The number of pyridine rings is 1. The maximum atomic E-state index is 10.6. The van der Waals surface area contributed by atoms with Gasteiger partial charge in [-0.1, -0.05) is 6.92 Å². The van der Waals surface area contributed by atoms with Crippen LogP contribution in [0.1, 0.15) is 26.2 Å². The van der Waals surface area contributed by atoms with Crippen molar-refractivity contribution < 1.29 is 4.92 Å². The van der Waals surface area contributed by atoms with Crippen LogP contribution in [0.15, 0.2) is 16.7 Å². The number of halogens is 1. The highest BCUT2D eigenvalue weighted by Gasteiger charge is 2.40. The Balaban J connectivity index is 2.04. The first-order valence-electron chi connectivity index (χ1n) is 5.60. The van der Waals surface area contributed by atoms with Gasteiger partial charge in [-0.15, -0.1) is 0 Å². The second kappa shape index (κ2) is 4.60. The van der Waals surface area contributed by atoms with Crippen molar-refractivity contribution in [3.05, 3.63) is 26.9 Å². The van der Waals surface area contributed by atoms with E-state index in [0.717, 1.165) is 13.0 Å². The first-order chi connectivity index (χ1) is 8.06. The summed E-state index contributed by atoms with van der Waals surface area (Å²) < 4.78 is 0.638. The second-order valence-corrected chi connectivity index (χ2v) is 5.34. The summed E-state index contributed by atoms with van der Waals surface area (Å²) in [4.78, 5) is 14.2. The third-order valence-corrected chi connectivity index (χ3v) is 3.98. The Kier molecular flexibility index (Phi) is 3.33. The van der Waals surface area contributed by atoms with Crippen molar-refractivity contribution >= 4 is 27.4 Å². The van der Waals surface area contributed by atoms with E-state index in [9.17, 15) is 10.1 Å². The first-order valence-corrected chi connectivity index (χ1v) is 6.39. The Morgan fingerprint density at radius 1 is 1.65 bits per heavy atom. The number of hydrogen-bond donors (Lipinski definition) is 1. The number of aromatic nitrogens is 1. The van der Waals surface area contributed by atoms with Gasteiger partial charge in [0.15, 0.2) is 0 Å². The lowest BCUT2D eigenvalue weighted by Gasteiger charge is -2.14. The minimum Gasteiger partial charge on any atom is -0.369 e. The molecule has 17 heavy (non-hydrogen) atoms. The summed E-state index contributed by atoms with van der Waals surface area (Å²) in [6, 6.07) is 1.47. The molecule has 0 amide bonds. The van der Waals surface area contributed by atoms with Crippen LogP contribution in [0, 0.1) is 15.5 Å². The zero-order chi connectivity index (χ0) is 12.5. The summed E-state index contributed by atoms with van der Waals surface area (Å²) in [5, 5.41) is 13.8. The van der Waals surface area contributed by atoms with Gasteiger partial charge in [-0.05, 0) is 40.6 Å². The molecule has 1 fully saturated rings. The summed E-state index contributed by atoms with van der Waals surface area (Å²) in [6.45, 7) is 3.07. The Labute approximate surface area is 108 Å². The van der Waals surface area contributed by atoms with Crippen LogP contribution in [0.2, 0.25) is 0 Å². The van der Waals surface area contributed by atoms with Gasteiger partial charge in [0, 0.05) is 12.6 Å². The molecule has 0 spiro atoms. The predicted molar refractivity (Wildman–Crippen MR) is 69.0 cm³/mol. The molecule has 1 heterocycles. The molecule has 6 heteroatoms. The number of nitrogens with zero attached hydrogens (tertiary/aromatic N) is 2. The minimum absolute atomic E-state index is 0.000878. The third kappa shape index (κ3) is 2.74. The van der Waals surface area contributed by atoms with Crippen molar-refractivity contribution in [2.45, 2.75) is 26.2 Å². The van der Waals surface area contributed by atoms with Gasteiger partial charge >= 0.3 is 0 Å². The molecule has 0 bridgehead atoms. The Bertz CT molecular complexity index is 446. The van der Waals surface area contributed by atoms with E-state index in [-0.39, 0.29) is 5.69 Å². The molecule has 92 valence electrons. The van der Waals surface area contributed by atoms with Crippen LogP contribution in [-0.2, 0) is 0 Å². The van der Waals surface area contributed by atoms with Crippen molar-refractivity contribution in [3.63, 3.8) is 0 Å². The van der Waals surface area contributed by atoms with E-state index in [1.807, 2.05) is 0 Å². The maximum Gasteiger partial charge on any atom is 0.288 e. The number of rotatable bonds is 5. The fourth-order valence-electron chi connectivity index (χ4n) is 1.76. The lowest BCUT2D eigenvalue weighted by molar-refractivity contribution is -0.385. The summed E-state index contributed by atoms with van der Waals surface area (Å²) in [5.41, 5.74) is 0.419. The van der Waals surface area contributed by atoms with Crippen LogP contribution in [0.5, 0.6) is 0 Å². The van der Waals surface area contributed by atoms with E-state index >= 15 is 0 Å². The van der Waals surface area contributed by atoms with Gasteiger partial charge in [0.2, 0.25) is 0 Å². The molecule has 1 saturated carbocycles. The first kappa shape index (κ1) is 12.3. The van der Waals surface area contributed by atoms with Crippen LogP contribution in [0.25, 0.3) is 0 Å². The minimum atomic E-state index is -0.448. The van der Waals surface area contributed by atoms with Crippen molar-refractivity contribution in [1.82, 2.24) is 4.98 Å². The van der Waals surface area contributed by atoms with Gasteiger partial charge in [-0.3, -0.25) is 10.1 Å². The highest BCUT2D eigenvalue weighted by molar-refractivity contribution is 9.10. The zero-order valence-electron chi connectivity index (χ0n) is 9.57. The predicted octanol–water partition coefficient (Wildman–Crippen LogP) is 3.35. The van der Waals surface area contributed by atoms with Gasteiger partial charge in [0.05, 0.1) is 9.40 Å². The van der Waals surface area contributed by atoms with E-state index in [0.29, 0.717) is 15.7 Å². The van der Waals surface area contributed by atoms with Crippen LogP contribution in [0.3, 0.4) is 0 Å². The van der Waals surface area contributed by atoms with Gasteiger partial charge in [0.25, 0.3) is 5.69 Å². The van der Waals surface area contributed by atoms with Gasteiger partial charge in [-0.25, -0.2) is 4.98 Å². The monoisotopic (exact) mass is 299 g/mol. The largest absolute Gasteiger partial charge is 0.369 e. The molecule has 1 aromatic rings. The molecular formula is C11H14BrN3O2. The van der Waals surface area contributed by atoms with E-state index in [1.54, 1.807) is 0 Å². The highest BCUT2D eigenvalue weighted by atomic mass is 79.9. The third-order valence-electron chi connectivity index (χ3n) is 3.38. The van der Waals surface area contributed by atoms with E-state index in [2.05, 4.69) is 33.2 Å². The molecule has 0 aliphatic heterocycles. The SMILES string of the molecule is CCC1(CNc2ncc([N+](=O)[O-])cc2Br)CC1. The van der Waals surface area contributed by atoms with Crippen molar-refractivity contribution in [2.24, 2.45) is 5.41 Å². The fourth-order valence-corrected chi connectivity index (χ4v) is 2.24. The second-order valence-electron chi connectivity index (χ2n) is 4.49. The molecule has 1 aliphatic rings. The van der Waals surface area contributed by atoms with Crippen molar-refractivity contribution in [2.75, 3.05) is 11.9 Å². The van der Waals surface area contributed by atoms with Crippen molar-refractivity contribution in [1.29, 1.82) is 0 Å². The summed E-state index contributed by atoms with van der Waals surface area (Å²) >= 11 is 3.30. The Morgan fingerprint density at radius 3 is 2.82 bits per heavy atom. The number of nitrogens with one attached hydrogen (secondary N) is 1. The zero-order valence-corrected chi connectivity index (χ0v) is 11.2. The molecule has 0 unspecified atom stereocenters. The molecule has 1 aliphatic carbocycles. The van der Waals surface area contributed by atoms with Crippen LogP contribution in [0.4, 0.5) is 11.5 Å². The highest BCUT2D eigenvalue weighted by Crippen LogP contribution is 2.48. The normalized spacial score (nSPS) is 16.6. The summed E-state index contributed by atoms with van der Waals surface area (Å²) in [6.07, 6.45) is 4.94. The van der Waals surface area contributed by atoms with Gasteiger partial charge < -0.3 is 5.32 Å². The molecule has 1 aromatic heterocycles. The van der Waals surface area contributed by atoms with Crippen LogP contribution in [-0.4, -0.2) is 16.5 Å². The van der Waals surface area contributed by atoms with E-state index in [4.69, 9.17) is 0 Å². The van der Waals surface area contributed by atoms with E-state index < -0.39 is 4.92 Å². The summed E-state index contributed by atoms with van der Waals surface area (Å²) in [7, 11) is 0. The molecule has 0 radical (unpaired) electrons. The lowest BCUT2D eigenvalue weighted by Crippen LogP contribution is -2.15. The molecule has 2 rings (SSSR count). The molecule has 0 atom stereocenters. The average molecular weight is 300 g/mol. The maximum absolute atomic E-state index is 10.6. The van der Waals surface area contributed by atoms with Crippen LogP contribution < -0.4 is 5.32 Å². The average Bonchev–Trinajstić information content (AvgIpc) is 3.08. The van der Waals surface area contributed by atoms with Gasteiger partial charge in [-0.2, -0.15) is 0 Å².